The minimum absolute atomic E-state index is 0.0921. The molecule has 0 saturated carbocycles. The Kier molecular flexibility index (Phi) is 5.91. The van der Waals surface area contributed by atoms with Crippen molar-refractivity contribution in [1.82, 2.24) is 15.4 Å². The summed E-state index contributed by atoms with van der Waals surface area (Å²) in [7, 11) is 0. The van der Waals surface area contributed by atoms with Gasteiger partial charge in [0.1, 0.15) is 5.75 Å². The molecule has 0 bridgehead atoms. The maximum Gasteiger partial charge on any atom is 0.272 e. The fourth-order valence-electron chi connectivity index (χ4n) is 3.37. The average Bonchev–Trinajstić information content (AvgIpc) is 2.81. The highest BCUT2D eigenvalue weighted by atomic mass is 16.3. The molecule has 0 fully saturated rings. The molecule has 3 N–H and O–H groups in total. The molecule has 2 aromatic carbocycles. The van der Waals surface area contributed by atoms with E-state index in [1.807, 2.05) is 55.5 Å². The number of hydrazone groups is 1. The van der Waals surface area contributed by atoms with Crippen molar-refractivity contribution >= 4 is 23.0 Å². The Hall–Kier alpha value is -4.10. The number of pyridine rings is 2. The number of hydrogen-bond donors (Lipinski definition) is 3. The lowest BCUT2D eigenvalue weighted by atomic mass is 10.0. The minimum atomic E-state index is -0.413. The van der Waals surface area contributed by atoms with E-state index < -0.39 is 5.91 Å². The molecule has 2 heterocycles. The molecule has 160 valence electrons. The maximum atomic E-state index is 13.0. The van der Waals surface area contributed by atoms with Gasteiger partial charge < -0.3 is 10.2 Å². The number of aliphatic hydroxyl groups excluding tert-OH is 1. The average molecular weight is 426 g/mol. The molecule has 0 aliphatic rings. The van der Waals surface area contributed by atoms with Crippen LogP contribution in [-0.2, 0) is 6.61 Å². The number of aromatic nitrogens is 2. The Labute approximate surface area is 185 Å². The topological polar surface area (TPSA) is 108 Å². The molecule has 7 heteroatoms. The number of carbonyl (C=O) groups is 1. The fourth-order valence-corrected chi connectivity index (χ4v) is 3.37. The molecule has 2 aromatic heterocycles. The van der Waals surface area contributed by atoms with Crippen LogP contribution in [0, 0.1) is 13.8 Å². The molecular formula is C25H22N4O3. The largest absolute Gasteiger partial charge is 0.505 e. The van der Waals surface area contributed by atoms with E-state index in [4.69, 9.17) is 4.98 Å². The van der Waals surface area contributed by atoms with E-state index in [0.717, 1.165) is 11.1 Å². The van der Waals surface area contributed by atoms with Crippen molar-refractivity contribution in [3.63, 3.8) is 0 Å². The second-order valence-corrected chi connectivity index (χ2v) is 7.43. The number of amides is 1. The van der Waals surface area contributed by atoms with Gasteiger partial charge >= 0.3 is 0 Å². The van der Waals surface area contributed by atoms with Crippen LogP contribution >= 0.6 is 0 Å². The lowest BCUT2D eigenvalue weighted by molar-refractivity contribution is 0.0956. The normalized spacial score (nSPS) is 11.2. The van der Waals surface area contributed by atoms with Crippen LogP contribution < -0.4 is 5.43 Å². The van der Waals surface area contributed by atoms with Crippen LogP contribution in [0.4, 0.5) is 0 Å². The van der Waals surface area contributed by atoms with Gasteiger partial charge in [-0.2, -0.15) is 5.10 Å². The summed E-state index contributed by atoms with van der Waals surface area (Å²) in [5.41, 5.74) is 7.48. The zero-order valence-electron chi connectivity index (χ0n) is 17.7. The van der Waals surface area contributed by atoms with E-state index in [-0.39, 0.29) is 12.4 Å². The van der Waals surface area contributed by atoms with Crippen molar-refractivity contribution in [2.24, 2.45) is 5.10 Å². The highest BCUT2D eigenvalue weighted by Gasteiger charge is 2.14. The first-order valence-electron chi connectivity index (χ1n) is 10.1. The van der Waals surface area contributed by atoms with Gasteiger partial charge in [-0.15, -0.1) is 0 Å². The number of aryl methyl sites for hydroxylation is 2. The first-order valence-corrected chi connectivity index (χ1v) is 10.1. The van der Waals surface area contributed by atoms with Crippen LogP contribution in [0.3, 0.4) is 0 Å². The van der Waals surface area contributed by atoms with Crippen LogP contribution in [0.15, 0.2) is 65.9 Å². The molecule has 0 spiro atoms. The molecule has 32 heavy (non-hydrogen) atoms. The van der Waals surface area contributed by atoms with Crippen molar-refractivity contribution in [2.45, 2.75) is 20.5 Å². The van der Waals surface area contributed by atoms with Crippen molar-refractivity contribution in [2.75, 3.05) is 0 Å². The van der Waals surface area contributed by atoms with E-state index in [1.165, 1.54) is 12.4 Å². The molecule has 0 aliphatic heterocycles. The van der Waals surface area contributed by atoms with E-state index in [2.05, 4.69) is 15.5 Å². The molecule has 0 saturated heterocycles. The van der Waals surface area contributed by atoms with Crippen LogP contribution in [0.2, 0.25) is 0 Å². The van der Waals surface area contributed by atoms with E-state index in [0.29, 0.717) is 39.0 Å². The number of aromatic hydroxyl groups is 1. The number of para-hydroxylation sites is 1. The quantitative estimate of drug-likeness (QED) is 0.332. The molecule has 0 radical (unpaired) electrons. The molecular weight excluding hydrogens is 404 g/mol. The van der Waals surface area contributed by atoms with Crippen molar-refractivity contribution < 1.29 is 15.0 Å². The number of fused-ring (bicyclic) bond motifs is 1. The number of carbonyl (C=O) groups excluding carboxylic acids is 1. The molecule has 0 aliphatic carbocycles. The number of nitrogens with one attached hydrogen (secondary N) is 1. The Morgan fingerprint density at radius 2 is 1.88 bits per heavy atom. The number of hydrogen-bond acceptors (Lipinski definition) is 6. The summed E-state index contributed by atoms with van der Waals surface area (Å²) in [5, 5.41) is 24.4. The summed E-state index contributed by atoms with van der Waals surface area (Å²) in [6.07, 6.45) is 2.76. The fraction of sp³-hybridized carbons (Fsp3) is 0.120. The second-order valence-electron chi connectivity index (χ2n) is 7.43. The Balaban J connectivity index is 1.69. The number of aliphatic hydroxyl groups is 1. The summed E-state index contributed by atoms with van der Waals surface area (Å²) >= 11 is 0. The third kappa shape index (κ3) is 4.19. The Bertz CT molecular complexity index is 1330. The van der Waals surface area contributed by atoms with Gasteiger partial charge in [-0.25, -0.2) is 10.4 Å². The number of benzene rings is 2. The molecule has 7 nitrogen and oxygen atoms in total. The lowest BCUT2D eigenvalue weighted by Gasteiger charge is -2.10. The highest BCUT2D eigenvalue weighted by Crippen LogP contribution is 2.25. The first kappa shape index (κ1) is 21.1. The molecule has 0 atom stereocenters. The number of nitrogens with zero attached hydrogens (tertiary/aromatic N) is 3. The third-order valence-electron chi connectivity index (χ3n) is 5.20. The van der Waals surface area contributed by atoms with Crippen LogP contribution in [0.1, 0.15) is 32.7 Å². The lowest BCUT2D eigenvalue weighted by Crippen LogP contribution is -2.18. The van der Waals surface area contributed by atoms with Crippen molar-refractivity contribution in [1.29, 1.82) is 0 Å². The second kappa shape index (κ2) is 8.95. The SMILES string of the molecule is Cc1ccc(-c2cc(C(=O)N/N=C/c3c(CO)cnc(C)c3O)c3ccccc3n2)cc1. The molecule has 4 aromatic rings. The van der Waals surface area contributed by atoms with E-state index in [1.54, 1.807) is 13.0 Å². The minimum Gasteiger partial charge on any atom is -0.505 e. The van der Waals surface area contributed by atoms with Crippen LogP contribution in [0.25, 0.3) is 22.2 Å². The summed E-state index contributed by atoms with van der Waals surface area (Å²) in [5.74, 6) is -0.505. The van der Waals surface area contributed by atoms with Gasteiger partial charge in [-0.05, 0) is 26.0 Å². The van der Waals surface area contributed by atoms with Gasteiger partial charge in [-0.3, -0.25) is 9.78 Å². The van der Waals surface area contributed by atoms with Gasteiger partial charge in [0.15, 0.2) is 0 Å². The molecule has 0 unspecified atom stereocenters. The Morgan fingerprint density at radius 1 is 1.12 bits per heavy atom. The predicted molar refractivity (Wildman–Crippen MR) is 124 cm³/mol. The monoisotopic (exact) mass is 426 g/mol. The first-order chi connectivity index (χ1) is 15.5. The summed E-state index contributed by atoms with van der Waals surface area (Å²) < 4.78 is 0. The van der Waals surface area contributed by atoms with Gasteiger partial charge in [0.25, 0.3) is 5.91 Å². The standard InChI is InChI=1S/C25H22N4O3/c1-15-7-9-17(10-8-15)23-11-20(19-5-3-4-6-22(19)28-23)25(32)29-27-13-21-18(14-30)12-26-16(2)24(21)31/h3-13,30-31H,14H2,1-2H3,(H,29,32)/b27-13+. The van der Waals surface area contributed by atoms with Gasteiger partial charge in [0.2, 0.25) is 0 Å². The van der Waals surface area contributed by atoms with Crippen LogP contribution in [-0.4, -0.2) is 32.3 Å². The van der Waals surface area contributed by atoms with Crippen molar-refractivity contribution in [3.05, 3.63) is 88.7 Å². The molecule has 4 rings (SSSR count). The smallest absolute Gasteiger partial charge is 0.272 e. The molecule has 1 amide bonds. The highest BCUT2D eigenvalue weighted by molar-refractivity contribution is 6.07. The van der Waals surface area contributed by atoms with Crippen molar-refractivity contribution in [3.8, 4) is 17.0 Å². The predicted octanol–water partition coefficient (Wildman–Crippen LogP) is 3.88. The maximum absolute atomic E-state index is 13.0. The Morgan fingerprint density at radius 3 is 2.62 bits per heavy atom. The van der Waals surface area contributed by atoms with Gasteiger partial charge in [-0.1, -0.05) is 48.0 Å². The summed E-state index contributed by atoms with van der Waals surface area (Å²) in [6.45, 7) is 3.34. The van der Waals surface area contributed by atoms with Gasteiger partial charge in [0, 0.05) is 28.3 Å². The zero-order valence-corrected chi connectivity index (χ0v) is 17.7. The van der Waals surface area contributed by atoms with Crippen LogP contribution in [0.5, 0.6) is 5.75 Å². The summed E-state index contributed by atoms with van der Waals surface area (Å²) in [4.78, 5) is 21.7. The third-order valence-corrected chi connectivity index (χ3v) is 5.20. The van der Waals surface area contributed by atoms with E-state index >= 15 is 0 Å². The van der Waals surface area contributed by atoms with Gasteiger partial charge in [0.05, 0.1) is 35.3 Å². The number of rotatable bonds is 5. The van der Waals surface area contributed by atoms with E-state index in [9.17, 15) is 15.0 Å². The summed E-state index contributed by atoms with van der Waals surface area (Å²) in [6, 6.07) is 17.1. The zero-order chi connectivity index (χ0) is 22.7.